The average Bonchev–Trinajstić information content (AvgIpc) is 3.26. The highest BCUT2D eigenvalue weighted by atomic mass is 35.6. The predicted octanol–water partition coefficient (Wildman–Crippen LogP) is 9.19. The molecule has 0 saturated heterocycles. The van der Waals surface area contributed by atoms with E-state index in [0.717, 1.165) is 33.6 Å². The normalized spacial score (nSPS) is 12.2. The van der Waals surface area contributed by atoms with Crippen molar-refractivity contribution in [2.75, 3.05) is 5.01 Å². The summed E-state index contributed by atoms with van der Waals surface area (Å²) in [5, 5.41) is 1.27. The van der Waals surface area contributed by atoms with Crippen molar-refractivity contribution in [2.45, 2.75) is 4.30 Å². The molecule has 44 heavy (non-hydrogen) atoms. The van der Waals surface area contributed by atoms with Crippen LogP contribution in [0, 0.1) is 0 Å². The fourth-order valence-corrected chi connectivity index (χ4v) is 4.59. The van der Waals surface area contributed by atoms with Crippen LogP contribution in [0.1, 0.15) is 20.7 Å². The van der Waals surface area contributed by atoms with Gasteiger partial charge >= 0.3 is 19.1 Å². The van der Waals surface area contributed by atoms with E-state index >= 15 is 0 Å². The second kappa shape index (κ2) is 14.5. The van der Waals surface area contributed by atoms with E-state index in [1.165, 1.54) is 5.01 Å². The molecule has 12 heteroatoms. The van der Waals surface area contributed by atoms with Gasteiger partial charge in [-0.25, -0.2) is 0 Å². The number of alkyl halides is 3. The van der Waals surface area contributed by atoms with Crippen LogP contribution in [0.3, 0.4) is 0 Å². The molecule has 5 aromatic rings. The third kappa shape index (κ3) is 8.26. The highest BCUT2D eigenvalue weighted by molar-refractivity contribution is 6.63. The van der Waals surface area contributed by atoms with Gasteiger partial charge in [0.25, 0.3) is 0 Å². The van der Waals surface area contributed by atoms with Crippen LogP contribution in [0.5, 0.6) is 0 Å². The van der Waals surface area contributed by atoms with Crippen molar-refractivity contribution in [3.05, 3.63) is 139 Å². The molecule has 2 amide bonds. The van der Waals surface area contributed by atoms with Crippen LogP contribution >= 0.6 is 34.8 Å². The summed E-state index contributed by atoms with van der Waals surface area (Å²) in [6.07, 6.45) is 0. The highest BCUT2D eigenvalue weighted by Gasteiger charge is 2.45. The number of carbonyl (C=O) groups excluding carboxylic acids is 2. The Bertz CT molecular complexity index is 1640. The average molecular weight is 660 g/mol. The van der Waals surface area contributed by atoms with Gasteiger partial charge in [-0.1, -0.05) is 118 Å². The van der Waals surface area contributed by atoms with Gasteiger partial charge in [-0.2, -0.15) is 0 Å². The lowest BCUT2D eigenvalue weighted by Crippen LogP contribution is -2.63. The van der Waals surface area contributed by atoms with Gasteiger partial charge in [-0.05, 0) is 52.5 Å². The van der Waals surface area contributed by atoms with Crippen LogP contribution in [-0.2, 0) is 0 Å². The Kier molecular flexibility index (Phi) is 10.8. The molecule has 6 rings (SSSR count). The first-order valence-corrected chi connectivity index (χ1v) is 14.3. The number of halogens is 7. The summed E-state index contributed by atoms with van der Waals surface area (Å²) in [5.74, 6) is -0.671. The van der Waals surface area contributed by atoms with Crippen LogP contribution in [0.25, 0.3) is 33.6 Å². The lowest BCUT2D eigenvalue weighted by atomic mass is 9.99. The monoisotopic (exact) mass is 658 g/mol. The lowest BCUT2D eigenvalue weighted by molar-refractivity contribution is -0.649. The van der Waals surface area contributed by atoms with Crippen molar-refractivity contribution >= 4 is 53.9 Å². The minimum absolute atomic E-state index is 0.336. The second-order valence-corrected chi connectivity index (χ2v) is 11.1. The molecule has 1 aliphatic heterocycles. The first-order chi connectivity index (χ1) is 21.0. The molecular weight excluding hydrogens is 638 g/mol. The zero-order chi connectivity index (χ0) is 31.9. The Morgan fingerprint density at radius 2 is 0.818 bits per heavy atom. The van der Waals surface area contributed by atoms with Gasteiger partial charge in [0, 0.05) is 23.3 Å². The molecule has 0 unspecified atom stereocenters. The Balaban J connectivity index is 0.000000434. The molecule has 0 radical (unpaired) electrons. The molecule has 0 saturated carbocycles. The molecule has 2 heterocycles. The van der Waals surface area contributed by atoms with Crippen LogP contribution in [-0.4, -0.2) is 23.4 Å². The van der Waals surface area contributed by atoms with Crippen molar-refractivity contribution in [1.29, 1.82) is 0 Å². The molecule has 0 spiro atoms. The molecular formula is C32H22BCl3F4N2O2. The van der Waals surface area contributed by atoms with Gasteiger partial charge in [0.1, 0.15) is 0 Å². The molecule has 0 N–H and O–H groups in total. The fourth-order valence-electron chi connectivity index (χ4n) is 4.59. The summed E-state index contributed by atoms with van der Waals surface area (Å²) in [6.45, 7) is 0. The molecule has 1 aromatic heterocycles. The van der Waals surface area contributed by atoms with Gasteiger partial charge in [0.15, 0.2) is 4.30 Å². The number of amides is 2. The summed E-state index contributed by atoms with van der Waals surface area (Å²) in [7, 11) is -6.00. The maximum atomic E-state index is 13.6. The molecule has 0 aliphatic carbocycles. The molecule has 4 aromatic carbocycles. The molecule has 0 atom stereocenters. The Morgan fingerprint density at radius 3 is 1.16 bits per heavy atom. The Labute approximate surface area is 266 Å². The first-order valence-electron chi connectivity index (χ1n) is 13.0. The Morgan fingerprint density at radius 1 is 0.523 bits per heavy atom. The number of imide groups is 1. The number of hydrogen-bond acceptors (Lipinski definition) is 2. The lowest BCUT2D eigenvalue weighted by Gasteiger charge is -2.16. The minimum atomic E-state index is -6.00. The number of aromatic nitrogens is 1. The SMILES string of the molecule is ClC(Cl)Cl.F[B-](F)(F)F.O=C1c2ccccc2C(=O)N1[n+]1c(-c2ccccc2)cc(-c2ccccc2)cc1-c1ccccc1. The van der Waals surface area contributed by atoms with E-state index < -0.39 is 11.5 Å². The maximum absolute atomic E-state index is 13.6. The molecule has 1 aliphatic rings. The van der Waals surface area contributed by atoms with Crippen molar-refractivity contribution in [3.63, 3.8) is 0 Å². The van der Waals surface area contributed by atoms with E-state index in [-0.39, 0.29) is 11.8 Å². The van der Waals surface area contributed by atoms with Gasteiger partial charge in [0.2, 0.25) is 11.4 Å². The van der Waals surface area contributed by atoms with E-state index in [1.54, 1.807) is 28.9 Å². The number of hydrogen-bond donors (Lipinski definition) is 0. The zero-order valence-electron chi connectivity index (χ0n) is 22.6. The molecule has 0 bridgehead atoms. The number of rotatable bonds is 4. The topological polar surface area (TPSA) is 41.3 Å². The quantitative estimate of drug-likeness (QED) is 0.0635. The maximum Gasteiger partial charge on any atom is 0.673 e. The van der Waals surface area contributed by atoms with E-state index in [1.807, 2.05) is 91.0 Å². The van der Waals surface area contributed by atoms with Gasteiger partial charge < -0.3 is 17.3 Å². The fraction of sp³-hybridized carbons (Fsp3) is 0.0312. The van der Waals surface area contributed by atoms with E-state index in [2.05, 4.69) is 12.1 Å². The zero-order valence-corrected chi connectivity index (χ0v) is 24.9. The molecule has 224 valence electrons. The second-order valence-electron chi connectivity index (χ2n) is 9.13. The minimum Gasteiger partial charge on any atom is -0.418 e. The van der Waals surface area contributed by atoms with E-state index in [9.17, 15) is 26.9 Å². The van der Waals surface area contributed by atoms with Crippen LogP contribution in [0.15, 0.2) is 127 Å². The summed E-state index contributed by atoms with van der Waals surface area (Å²) in [4.78, 5) is 27.2. The third-order valence-electron chi connectivity index (χ3n) is 6.26. The summed E-state index contributed by atoms with van der Waals surface area (Å²) >= 11 is 14.4. The number of fused-ring (bicyclic) bond motifs is 1. The largest absolute Gasteiger partial charge is 0.673 e. The first kappa shape index (κ1) is 32.7. The third-order valence-corrected chi connectivity index (χ3v) is 6.26. The Hall–Kier alpha value is -4.18. The van der Waals surface area contributed by atoms with Crippen LogP contribution in [0.4, 0.5) is 17.3 Å². The standard InChI is InChI=1S/C31H21N2O2.CHCl3.BF4/c34-30-26-18-10-11-19-27(26)31(35)33(30)32-28(23-14-6-2-7-15-23)20-25(22-12-4-1-5-13-22)21-29(32)24-16-8-3-9-17-24;2-1(3)4;2-1(3,4)5/h1-21H;1H;/q+1;;-1. The summed E-state index contributed by atoms with van der Waals surface area (Å²) in [5.41, 5.74) is 6.18. The number of carbonyl (C=O) groups is 2. The summed E-state index contributed by atoms with van der Waals surface area (Å²) < 4.78 is 40.0. The van der Waals surface area contributed by atoms with Gasteiger partial charge in [-0.15, -0.1) is 0 Å². The van der Waals surface area contributed by atoms with Crippen molar-refractivity contribution in [1.82, 2.24) is 0 Å². The highest BCUT2D eigenvalue weighted by Crippen LogP contribution is 2.31. The molecule has 4 nitrogen and oxygen atoms in total. The van der Waals surface area contributed by atoms with Crippen molar-refractivity contribution < 1.29 is 31.5 Å². The predicted molar refractivity (Wildman–Crippen MR) is 168 cm³/mol. The van der Waals surface area contributed by atoms with Crippen molar-refractivity contribution in [3.8, 4) is 33.6 Å². The smallest absolute Gasteiger partial charge is 0.418 e. The van der Waals surface area contributed by atoms with Gasteiger partial charge in [-0.3, -0.25) is 9.59 Å². The molecule has 0 fully saturated rings. The van der Waals surface area contributed by atoms with Crippen molar-refractivity contribution in [2.24, 2.45) is 0 Å². The number of benzene rings is 4. The van der Waals surface area contributed by atoms with E-state index in [0.29, 0.717) is 11.1 Å². The number of pyridine rings is 1. The van der Waals surface area contributed by atoms with Crippen LogP contribution in [0.2, 0.25) is 0 Å². The van der Waals surface area contributed by atoms with Crippen LogP contribution < -0.4 is 9.69 Å². The van der Waals surface area contributed by atoms with Gasteiger partial charge in [0.05, 0.1) is 11.1 Å². The summed E-state index contributed by atoms with van der Waals surface area (Å²) in [6, 6.07) is 40.9. The number of nitrogens with zero attached hydrogens (tertiary/aromatic N) is 2. The van der Waals surface area contributed by atoms with E-state index in [4.69, 9.17) is 34.8 Å².